The van der Waals surface area contributed by atoms with Crippen LogP contribution in [0.2, 0.25) is 0 Å². The van der Waals surface area contributed by atoms with E-state index in [9.17, 15) is 27.2 Å². The summed E-state index contributed by atoms with van der Waals surface area (Å²) in [7, 11) is 0. The highest BCUT2D eigenvalue weighted by atomic mass is 19.3. The summed E-state index contributed by atoms with van der Waals surface area (Å²) in [6.07, 6.45) is -1.31. The van der Waals surface area contributed by atoms with Crippen molar-refractivity contribution in [2.75, 3.05) is 18.0 Å². The van der Waals surface area contributed by atoms with Crippen LogP contribution in [-0.4, -0.2) is 34.6 Å². The molecule has 1 aromatic heterocycles. The molecule has 1 aromatic carbocycles. The predicted molar refractivity (Wildman–Crippen MR) is 103 cm³/mol. The highest BCUT2D eigenvalue weighted by molar-refractivity contribution is 5.91. The number of hydrogen-bond donors (Lipinski definition) is 2. The molecule has 0 spiro atoms. The van der Waals surface area contributed by atoms with E-state index < -0.39 is 52.3 Å². The Balaban J connectivity index is 1.78. The highest BCUT2D eigenvalue weighted by Gasteiger charge is 2.51. The van der Waals surface area contributed by atoms with Gasteiger partial charge < -0.3 is 10.6 Å². The number of anilines is 1. The summed E-state index contributed by atoms with van der Waals surface area (Å²) in [5.74, 6) is -5.21. The molecule has 0 bridgehead atoms. The Kier molecular flexibility index (Phi) is 4.18. The van der Waals surface area contributed by atoms with Gasteiger partial charge in [-0.25, -0.2) is 26.7 Å². The molecular formula is C20H19F5N4O2. The van der Waals surface area contributed by atoms with E-state index in [0.29, 0.717) is 18.4 Å². The van der Waals surface area contributed by atoms with E-state index in [1.807, 2.05) is 4.98 Å². The van der Waals surface area contributed by atoms with Gasteiger partial charge in [0.1, 0.15) is 0 Å². The van der Waals surface area contributed by atoms with E-state index in [4.69, 9.17) is 5.73 Å². The van der Waals surface area contributed by atoms with Crippen LogP contribution < -0.4 is 21.9 Å². The Hall–Kier alpha value is -2.69. The molecule has 2 unspecified atom stereocenters. The number of aryl methyl sites for hydroxylation is 1. The van der Waals surface area contributed by atoms with Crippen molar-refractivity contribution < 1.29 is 22.0 Å². The SMILES string of the molecule is Cc1c(N2CC3=CC(F)(F)C(N)C3C2)c(F)c(C(F)F)c2c(=O)[nH]c(=O)n(C3CC3)c12. The van der Waals surface area contributed by atoms with Gasteiger partial charge in [0.25, 0.3) is 17.9 Å². The van der Waals surface area contributed by atoms with Crippen LogP contribution in [0.4, 0.5) is 27.6 Å². The smallest absolute Gasteiger partial charge is 0.329 e. The van der Waals surface area contributed by atoms with E-state index in [1.165, 1.54) is 16.4 Å². The molecule has 3 N–H and O–H groups in total. The average Bonchev–Trinajstić information content (AvgIpc) is 3.38. The summed E-state index contributed by atoms with van der Waals surface area (Å²) in [5, 5.41) is -0.554. The molecule has 11 heteroatoms. The van der Waals surface area contributed by atoms with E-state index in [0.717, 1.165) is 6.08 Å². The lowest BCUT2D eigenvalue weighted by molar-refractivity contribution is 0.0262. The van der Waals surface area contributed by atoms with Gasteiger partial charge in [-0.05, 0) is 31.4 Å². The van der Waals surface area contributed by atoms with E-state index in [1.54, 1.807) is 0 Å². The van der Waals surface area contributed by atoms with Crippen molar-refractivity contribution in [2.24, 2.45) is 11.7 Å². The topological polar surface area (TPSA) is 84.1 Å². The number of fused-ring (bicyclic) bond motifs is 2. The van der Waals surface area contributed by atoms with Crippen LogP contribution in [0, 0.1) is 18.7 Å². The van der Waals surface area contributed by atoms with Crippen molar-refractivity contribution in [3.8, 4) is 0 Å². The minimum Gasteiger partial charge on any atom is -0.364 e. The van der Waals surface area contributed by atoms with Gasteiger partial charge in [0.05, 0.1) is 28.2 Å². The number of hydrogen-bond acceptors (Lipinski definition) is 4. The number of H-pyrrole nitrogens is 1. The van der Waals surface area contributed by atoms with Crippen molar-refractivity contribution in [3.05, 3.63) is 49.4 Å². The summed E-state index contributed by atoms with van der Waals surface area (Å²) in [6, 6.07) is -1.76. The van der Waals surface area contributed by atoms with Crippen molar-refractivity contribution in [3.63, 3.8) is 0 Å². The number of halogens is 5. The highest BCUT2D eigenvalue weighted by Crippen LogP contribution is 2.46. The maximum atomic E-state index is 15.5. The molecule has 1 saturated heterocycles. The number of nitrogens with one attached hydrogen (secondary N) is 1. The maximum Gasteiger partial charge on any atom is 0.329 e. The molecule has 2 fully saturated rings. The number of aromatic nitrogens is 2. The quantitative estimate of drug-likeness (QED) is 0.566. The van der Waals surface area contributed by atoms with E-state index in [2.05, 4.69) is 0 Å². The Morgan fingerprint density at radius 3 is 2.52 bits per heavy atom. The van der Waals surface area contributed by atoms with Crippen molar-refractivity contribution in [1.29, 1.82) is 0 Å². The summed E-state index contributed by atoms with van der Waals surface area (Å²) in [5.41, 5.74) is 2.96. The van der Waals surface area contributed by atoms with Crippen LogP contribution in [0.3, 0.4) is 0 Å². The Morgan fingerprint density at radius 2 is 1.94 bits per heavy atom. The van der Waals surface area contributed by atoms with Crippen LogP contribution in [-0.2, 0) is 0 Å². The largest absolute Gasteiger partial charge is 0.364 e. The molecule has 31 heavy (non-hydrogen) atoms. The molecule has 6 nitrogen and oxygen atoms in total. The molecule has 2 aromatic rings. The number of nitrogens with two attached hydrogens (primary N) is 1. The molecule has 3 aliphatic rings. The zero-order valence-electron chi connectivity index (χ0n) is 16.4. The first-order chi connectivity index (χ1) is 14.5. The minimum absolute atomic E-state index is 0.0383. The van der Waals surface area contributed by atoms with Crippen LogP contribution in [0.5, 0.6) is 0 Å². The summed E-state index contributed by atoms with van der Waals surface area (Å²) < 4.78 is 72.4. The molecule has 1 aliphatic heterocycles. The zero-order chi connectivity index (χ0) is 22.4. The fraction of sp³-hybridized carbons (Fsp3) is 0.500. The average molecular weight is 442 g/mol. The van der Waals surface area contributed by atoms with Crippen molar-refractivity contribution >= 4 is 16.6 Å². The van der Waals surface area contributed by atoms with E-state index in [-0.39, 0.29) is 35.9 Å². The number of rotatable bonds is 3. The van der Waals surface area contributed by atoms with Gasteiger partial charge in [0.15, 0.2) is 5.82 Å². The summed E-state index contributed by atoms with van der Waals surface area (Å²) in [4.78, 5) is 28.3. The minimum atomic E-state index is -3.32. The second-order valence-electron chi connectivity index (χ2n) is 8.49. The number of nitrogens with zero attached hydrogens (tertiary/aromatic N) is 2. The second-order valence-corrected chi connectivity index (χ2v) is 8.49. The normalized spacial score (nSPS) is 24.9. The van der Waals surface area contributed by atoms with E-state index >= 15 is 4.39 Å². The van der Waals surface area contributed by atoms with Gasteiger partial charge in [-0.1, -0.05) is 0 Å². The van der Waals surface area contributed by atoms with Gasteiger partial charge >= 0.3 is 5.69 Å². The number of alkyl halides is 4. The van der Waals surface area contributed by atoms with Crippen LogP contribution in [0.25, 0.3) is 10.9 Å². The first kappa shape index (κ1) is 20.2. The molecule has 0 amide bonds. The Labute approximate surface area is 172 Å². The third-order valence-corrected chi connectivity index (χ3v) is 6.54. The predicted octanol–water partition coefficient (Wildman–Crippen LogP) is 2.75. The molecule has 2 atom stereocenters. The van der Waals surface area contributed by atoms with Gasteiger partial charge in [-0.3, -0.25) is 14.3 Å². The molecule has 166 valence electrons. The molecule has 2 aliphatic carbocycles. The van der Waals surface area contributed by atoms with Crippen molar-refractivity contribution in [2.45, 2.75) is 44.2 Å². The molecule has 1 saturated carbocycles. The summed E-state index contributed by atoms with van der Waals surface area (Å²) in [6.45, 7) is 1.27. The lowest BCUT2D eigenvalue weighted by atomic mass is 9.99. The number of aromatic amines is 1. The summed E-state index contributed by atoms with van der Waals surface area (Å²) >= 11 is 0. The fourth-order valence-corrected chi connectivity index (χ4v) is 4.98. The number of benzene rings is 1. The van der Waals surface area contributed by atoms with Gasteiger partial charge in [0.2, 0.25) is 0 Å². The molecular weight excluding hydrogens is 423 g/mol. The van der Waals surface area contributed by atoms with Crippen LogP contribution >= 0.6 is 0 Å². The van der Waals surface area contributed by atoms with Crippen LogP contribution in [0.15, 0.2) is 21.2 Å². The Bertz CT molecular complexity index is 1260. The standard InChI is InChI=1S/C20H19F5N4O2/c1-7-14-12(18(30)27-19(31)29(14)9-2-3-9)11(17(22)23)13(21)15(7)28-5-8-4-20(24,25)16(26)10(8)6-28/h4,9-10,16-17H,2-3,5-6,26H2,1H3,(H,27,30,31). The molecule has 0 radical (unpaired) electrons. The lowest BCUT2D eigenvalue weighted by Gasteiger charge is -2.27. The van der Waals surface area contributed by atoms with Crippen molar-refractivity contribution in [1.82, 2.24) is 9.55 Å². The van der Waals surface area contributed by atoms with Crippen LogP contribution in [0.1, 0.15) is 36.4 Å². The maximum absolute atomic E-state index is 15.5. The fourth-order valence-electron chi connectivity index (χ4n) is 4.98. The molecule has 5 rings (SSSR count). The van der Waals surface area contributed by atoms with Gasteiger partial charge in [-0.15, -0.1) is 0 Å². The first-order valence-electron chi connectivity index (χ1n) is 9.91. The van der Waals surface area contributed by atoms with Gasteiger partial charge in [-0.2, -0.15) is 0 Å². The second kappa shape index (κ2) is 6.41. The molecule has 2 heterocycles. The zero-order valence-corrected chi connectivity index (χ0v) is 16.4. The van der Waals surface area contributed by atoms with Gasteiger partial charge in [0, 0.05) is 30.6 Å². The third-order valence-electron chi connectivity index (χ3n) is 6.54. The lowest BCUT2D eigenvalue weighted by Crippen LogP contribution is -2.43. The Morgan fingerprint density at radius 1 is 1.26 bits per heavy atom. The third kappa shape index (κ3) is 2.78. The monoisotopic (exact) mass is 442 g/mol. The first-order valence-corrected chi connectivity index (χ1v) is 9.91.